The van der Waals surface area contributed by atoms with E-state index in [-0.39, 0.29) is 11.9 Å². The number of aryl methyl sites for hydroxylation is 2. The Balaban J connectivity index is 1.61. The number of aromatic nitrogens is 3. The third-order valence-electron chi connectivity index (χ3n) is 4.82. The fraction of sp³-hybridized carbons (Fsp3) is 0.238. The standard InChI is InChI=1S/C21H19N5O2S/c1-10-8-17(25-12(3)23-10)28-16-7-4-13-14(26-16)5-6-15-18(13)19-20(29-15)21(27)24-11(2)9-22-19/h4-8,11,22H,9H2,1-3H3,(H,24,27)/t11-/m1/s1. The van der Waals surface area contributed by atoms with E-state index in [0.717, 1.165) is 32.4 Å². The van der Waals surface area contributed by atoms with Gasteiger partial charge in [-0.05, 0) is 39.0 Å². The molecule has 1 aromatic carbocycles. The van der Waals surface area contributed by atoms with E-state index in [1.807, 2.05) is 45.0 Å². The molecule has 2 N–H and O–H groups in total. The molecule has 5 rings (SSSR count). The molecule has 0 saturated heterocycles. The van der Waals surface area contributed by atoms with Gasteiger partial charge < -0.3 is 15.4 Å². The van der Waals surface area contributed by atoms with Gasteiger partial charge in [0.05, 0.1) is 11.2 Å². The Labute approximate surface area is 171 Å². The Hall–Kier alpha value is -3.26. The van der Waals surface area contributed by atoms with Gasteiger partial charge in [-0.1, -0.05) is 0 Å². The maximum Gasteiger partial charge on any atom is 0.263 e. The largest absolute Gasteiger partial charge is 0.421 e. The lowest BCUT2D eigenvalue weighted by Gasteiger charge is -2.10. The van der Waals surface area contributed by atoms with Gasteiger partial charge in [-0.15, -0.1) is 11.3 Å². The van der Waals surface area contributed by atoms with Crippen LogP contribution in [0.15, 0.2) is 30.3 Å². The van der Waals surface area contributed by atoms with E-state index in [1.165, 1.54) is 11.3 Å². The van der Waals surface area contributed by atoms with Gasteiger partial charge in [0.2, 0.25) is 11.8 Å². The minimum atomic E-state index is -0.0331. The van der Waals surface area contributed by atoms with Gasteiger partial charge in [-0.2, -0.15) is 4.98 Å². The van der Waals surface area contributed by atoms with Gasteiger partial charge in [0.15, 0.2) is 0 Å². The molecule has 0 radical (unpaired) electrons. The summed E-state index contributed by atoms with van der Waals surface area (Å²) in [5.74, 6) is 1.56. The number of rotatable bonds is 2. The number of nitrogens with zero attached hydrogens (tertiary/aromatic N) is 3. The molecule has 8 heteroatoms. The molecule has 0 fully saturated rings. The number of carbonyl (C=O) groups excluding carboxylic acids is 1. The Morgan fingerprint density at radius 3 is 2.79 bits per heavy atom. The summed E-state index contributed by atoms with van der Waals surface area (Å²) in [6, 6.07) is 9.64. The summed E-state index contributed by atoms with van der Waals surface area (Å²) < 4.78 is 6.92. The smallest absolute Gasteiger partial charge is 0.263 e. The summed E-state index contributed by atoms with van der Waals surface area (Å²) in [6.07, 6.45) is 0. The Kier molecular flexibility index (Phi) is 4.09. The van der Waals surface area contributed by atoms with E-state index in [0.29, 0.717) is 29.0 Å². The van der Waals surface area contributed by atoms with Crippen molar-refractivity contribution in [1.29, 1.82) is 0 Å². The van der Waals surface area contributed by atoms with Crippen molar-refractivity contribution < 1.29 is 9.53 Å². The second-order valence-electron chi connectivity index (χ2n) is 7.21. The maximum atomic E-state index is 12.5. The number of pyridine rings is 1. The van der Waals surface area contributed by atoms with Crippen LogP contribution < -0.4 is 15.4 Å². The fourth-order valence-electron chi connectivity index (χ4n) is 3.61. The molecular weight excluding hydrogens is 386 g/mol. The van der Waals surface area contributed by atoms with Crippen molar-refractivity contribution in [3.8, 4) is 11.8 Å². The van der Waals surface area contributed by atoms with Crippen molar-refractivity contribution in [3.05, 3.63) is 46.7 Å². The minimum Gasteiger partial charge on any atom is -0.421 e. The molecule has 0 aliphatic carbocycles. The zero-order chi connectivity index (χ0) is 20.1. The highest BCUT2D eigenvalue weighted by Gasteiger charge is 2.24. The van der Waals surface area contributed by atoms with E-state index >= 15 is 0 Å². The summed E-state index contributed by atoms with van der Waals surface area (Å²) in [4.78, 5) is 26.5. The number of hydrogen-bond donors (Lipinski definition) is 2. The Morgan fingerprint density at radius 2 is 1.97 bits per heavy atom. The first-order chi connectivity index (χ1) is 14.0. The predicted molar refractivity (Wildman–Crippen MR) is 114 cm³/mol. The summed E-state index contributed by atoms with van der Waals surface area (Å²) in [7, 11) is 0. The lowest BCUT2D eigenvalue weighted by atomic mass is 10.1. The van der Waals surface area contributed by atoms with E-state index in [1.54, 1.807) is 6.07 Å². The topological polar surface area (TPSA) is 89.0 Å². The van der Waals surface area contributed by atoms with Gasteiger partial charge in [-0.3, -0.25) is 4.79 Å². The molecule has 4 heterocycles. The number of thiophene rings is 1. The van der Waals surface area contributed by atoms with Crippen molar-refractivity contribution in [2.24, 2.45) is 0 Å². The Morgan fingerprint density at radius 1 is 1.10 bits per heavy atom. The van der Waals surface area contributed by atoms with Gasteiger partial charge in [0, 0.05) is 45.9 Å². The summed E-state index contributed by atoms with van der Waals surface area (Å²) >= 11 is 1.50. The first-order valence-electron chi connectivity index (χ1n) is 9.39. The number of carbonyl (C=O) groups is 1. The molecule has 1 aliphatic rings. The second kappa shape index (κ2) is 6.66. The van der Waals surface area contributed by atoms with Gasteiger partial charge in [0.25, 0.3) is 5.91 Å². The third kappa shape index (κ3) is 3.15. The number of anilines is 1. The van der Waals surface area contributed by atoms with Crippen LogP contribution in [0.3, 0.4) is 0 Å². The highest BCUT2D eigenvalue weighted by molar-refractivity contribution is 7.21. The Bertz CT molecular complexity index is 1260. The van der Waals surface area contributed by atoms with Gasteiger partial charge >= 0.3 is 0 Å². The molecule has 1 atom stereocenters. The average molecular weight is 405 g/mol. The molecule has 3 aromatic heterocycles. The number of nitrogens with one attached hydrogen (secondary N) is 2. The van der Waals surface area contributed by atoms with Crippen molar-refractivity contribution >= 4 is 43.9 Å². The zero-order valence-electron chi connectivity index (χ0n) is 16.2. The molecule has 0 unspecified atom stereocenters. The number of amides is 1. The third-order valence-corrected chi connectivity index (χ3v) is 5.97. The van der Waals surface area contributed by atoms with Crippen LogP contribution in [-0.2, 0) is 0 Å². The van der Waals surface area contributed by atoms with E-state index < -0.39 is 0 Å². The molecule has 4 aromatic rings. The molecule has 0 bridgehead atoms. The quantitative estimate of drug-likeness (QED) is 0.520. The lowest BCUT2D eigenvalue weighted by Crippen LogP contribution is -2.34. The van der Waals surface area contributed by atoms with E-state index in [9.17, 15) is 4.79 Å². The number of benzene rings is 1. The summed E-state index contributed by atoms with van der Waals surface area (Å²) in [6.45, 7) is 6.40. The normalized spacial score (nSPS) is 16.2. The first kappa shape index (κ1) is 17.8. The SMILES string of the molecule is Cc1cc(Oc2ccc3c(ccc4sc5c(c43)NC[C@@H](C)NC5=O)n2)nc(C)n1. The van der Waals surface area contributed by atoms with Crippen LogP contribution in [0, 0.1) is 13.8 Å². The number of ether oxygens (including phenoxy) is 1. The predicted octanol–water partition coefficient (Wildman–Crippen LogP) is 4.19. The van der Waals surface area contributed by atoms with Crippen LogP contribution in [0.4, 0.5) is 5.69 Å². The van der Waals surface area contributed by atoms with Crippen molar-refractivity contribution in [2.45, 2.75) is 26.8 Å². The van der Waals surface area contributed by atoms with Crippen LogP contribution in [0.2, 0.25) is 0 Å². The molecule has 1 aliphatic heterocycles. The lowest BCUT2D eigenvalue weighted by molar-refractivity contribution is 0.0949. The molecule has 29 heavy (non-hydrogen) atoms. The monoisotopic (exact) mass is 405 g/mol. The van der Waals surface area contributed by atoms with Crippen LogP contribution >= 0.6 is 11.3 Å². The molecule has 0 saturated carbocycles. The van der Waals surface area contributed by atoms with Crippen LogP contribution in [0.25, 0.3) is 21.0 Å². The second-order valence-corrected chi connectivity index (χ2v) is 8.27. The van der Waals surface area contributed by atoms with Gasteiger partial charge in [-0.25, -0.2) is 9.97 Å². The first-order valence-corrected chi connectivity index (χ1v) is 10.2. The van der Waals surface area contributed by atoms with Crippen molar-refractivity contribution in [2.75, 3.05) is 11.9 Å². The molecule has 146 valence electrons. The fourth-order valence-corrected chi connectivity index (χ4v) is 4.70. The van der Waals surface area contributed by atoms with Crippen molar-refractivity contribution in [3.63, 3.8) is 0 Å². The van der Waals surface area contributed by atoms with Crippen LogP contribution in [-0.4, -0.2) is 33.4 Å². The van der Waals surface area contributed by atoms with Crippen LogP contribution in [0.1, 0.15) is 28.1 Å². The van der Waals surface area contributed by atoms with Gasteiger partial charge in [0.1, 0.15) is 10.7 Å². The van der Waals surface area contributed by atoms with E-state index in [2.05, 4.69) is 25.6 Å². The van der Waals surface area contributed by atoms with E-state index in [4.69, 9.17) is 4.74 Å². The molecule has 0 spiro atoms. The number of hydrogen-bond acceptors (Lipinski definition) is 7. The zero-order valence-corrected chi connectivity index (χ0v) is 17.1. The highest BCUT2D eigenvalue weighted by atomic mass is 32.1. The van der Waals surface area contributed by atoms with Crippen molar-refractivity contribution in [1.82, 2.24) is 20.3 Å². The molecular formula is C21H19N5O2S. The van der Waals surface area contributed by atoms with Crippen LogP contribution in [0.5, 0.6) is 11.8 Å². The minimum absolute atomic E-state index is 0.0331. The maximum absolute atomic E-state index is 12.5. The molecule has 7 nitrogen and oxygen atoms in total. The molecule has 1 amide bonds. The highest BCUT2D eigenvalue weighted by Crippen LogP contribution is 2.41. The number of fused-ring (bicyclic) bond motifs is 5. The average Bonchev–Trinajstić information content (AvgIpc) is 2.98. The summed E-state index contributed by atoms with van der Waals surface area (Å²) in [5, 5.41) is 8.46. The summed E-state index contributed by atoms with van der Waals surface area (Å²) in [5.41, 5.74) is 2.53.